The molecule has 1 saturated heterocycles. The molecule has 4 rings (SSSR count). The van der Waals surface area contributed by atoms with Crippen LogP contribution in [0.15, 0.2) is 71.8 Å². The standard InChI is InChI=1S/C24H27N3O/c1-19(20-10-12-23(28-2)13-11-20)25-27-16-14-26(15-17-27)18-22-8-5-7-21-6-3-4-9-24(21)22/h3-13H,14-18H2,1-2H3/b25-19-. The van der Waals surface area contributed by atoms with Gasteiger partial charge in [-0.25, -0.2) is 0 Å². The van der Waals surface area contributed by atoms with Gasteiger partial charge in [0.25, 0.3) is 0 Å². The fourth-order valence-electron chi connectivity index (χ4n) is 3.77. The Hall–Kier alpha value is -2.85. The average Bonchev–Trinajstić information content (AvgIpc) is 2.75. The molecule has 4 heteroatoms. The van der Waals surface area contributed by atoms with E-state index in [1.165, 1.54) is 16.3 Å². The highest BCUT2D eigenvalue weighted by atomic mass is 16.5. The van der Waals surface area contributed by atoms with Gasteiger partial charge in [0.1, 0.15) is 5.75 Å². The van der Waals surface area contributed by atoms with E-state index in [0.29, 0.717) is 0 Å². The van der Waals surface area contributed by atoms with Crippen molar-refractivity contribution in [1.29, 1.82) is 0 Å². The van der Waals surface area contributed by atoms with Crippen molar-refractivity contribution in [1.82, 2.24) is 9.91 Å². The van der Waals surface area contributed by atoms with E-state index in [0.717, 1.165) is 49.7 Å². The molecule has 1 heterocycles. The Kier molecular flexibility index (Phi) is 5.58. The summed E-state index contributed by atoms with van der Waals surface area (Å²) in [5, 5.41) is 9.71. The largest absolute Gasteiger partial charge is 0.497 e. The van der Waals surface area contributed by atoms with Gasteiger partial charge in [-0.05, 0) is 53.1 Å². The number of nitrogens with zero attached hydrogens (tertiary/aromatic N) is 3. The van der Waals surface area contributed by atoms with Crippen molar-refractivity contribution in [3.05, 3.63) is 77.9 Å². The van der Waals surface area contributed by atoms with E-state index in [-0.39, 0.29) is 0 Å². The Morgan fingerprint density at radius 2 is 1.61 bits per heavy atom. The third-order valence-electron chi connectivity index (χ3n) is 5.42. The summed E-state index contributed by atoms with van der Waals surface area (Å²) in [5.41, 5.74) is 3.59. The first kappa shape index (κ1) is 18.5. The zero-order chi connectivity index (χ0) is 19.3. The molecule has 0 saturated carbocycles. The number of hydrogen-bond donors (Lipinski definition) is 0. The van der Waals surface area contributed by atoms with Crippen LogP contribution in [0.2, 0.25) is 0 Å². The van der Waals surface area contributed by atoms with Crippen LogP contribution in [0.3, 0.4) is 0 Å². The molecule has 3 aromatic carbocycles. The van der Waals surface area contributed by atoms with Crippen LogP contribution in [0.1, 0.15) is 18.1 Å². The van der Waals surface area contributed by atoms with Gasteiger partial charge in [-0.15, -0.1) is 0 Å². The number of hydrazone groups is 1. The van der Waals surface area contributed by atoms with Crippen molar-refractivity contribution >= 4 is 16.5 Å². The summed E-state index contributed by atoms with van der Waals surface area (Å²) in [6.45, 7) is 7.04. The molecule has 0 spiro atoms. The number of methoxy groups -OCH3 is 1. The summed E-state index contributed by atoms with van der Waals surface area (Å²) in [5.74, 6) is 0.874. The molecule has 1 aliphatic rings. The molecule has 0 atom stereocenters. The molecule has 144 valence electrons. The number of fused-ring (bicyclic) bond motifs is 1. The van der Waals surface area contributed by atoms with Crippen molar-refractivity contribution in [3.63, 3.8) is 0 Å². The van der Waals surface area contributed by atoms with E-state index in [1.54, 1.807) is 7.11 Å². The average molecular weight is 374 g/mol. The zero-order valence-corrected chi connectivity index (χ0v) is 16.6. The first-order chi connectivity index (χ1) is 13.7. The van der Waals surface area contributed by atoms with Gasteiger partial charge in [0, 0.05) is 32.7 Å². The van der Waals surface area contributed by atoms with E-state index in [9.17, 15) is 0 Å². The van der Waals surface area contributed by atoms with Gasteiger partial charge in [0.15, 0.2) is 0 Å². The minimum atomic E-state index is 0.874. The number of rotatable bonds is 5. The van der Waals surface area contributed by atoms with Crippen molar-refractivity contribution in [3.8, 4) is 5.75 Å². The van der Waals surface area contributed by atoms with Crippen molar-refractivity contribution in [2.24, 2.45) is 5.10 Å². The predicted octanol–water partition coefficient (Wildman–Crippen LogP) is 4.39. The molecular formula is C24H27N3O. The highest BCUT2D eigenvalue weighted by Crippen LogP contribution is 2.21. The van der Waals surface area contributed by atoms with Crippen molar-refractivity contribution < 1.29 is 4.74 Å². The van der Waals surface area contributed by atoms with Gasteiger partial charge in [-0.3, -0.25) is 9.91 Å². The molecule has 3 aromatic rings. The van der Waals surface area contributed by atoms with E-state index in [1.807, 2.05) is 12.1 Å². The highest BCUT2D eigenvalue weighted by molar-refractivity contribution is 5.98. The van der Waals surface area contributed by atoms with Gasteiger partial charge in [0.05, 0.1) is 12.8 Å². The molecule has 0 aromatic heterocycles. The number of piperazine rings is 1. The molecule has 0 aliphatic carbocycles. The summed E-state index contributed by atoms with van der Waals surface area (Å²) < 4.78 is 5.23. The van der Waals surface area contributed by atoms with E-state index in [4.69, 9.17) is 9.84 Å². The van der Waals surface area contributed by atoms with Crippen LogP contribution >= 0.6 is 0 Å². The van der Waals surface area contributed by atoms with Crippen LogP contribution in [-0.2, 0) is 6.54 Å². The van der Waals surface area contributed by atoms with Crippen LogP contribution in [0.25, 0.3) is 10.8 Å². The molecular weight excluding hydrogens is 346 g/mol. The number of ether oxygens (including phenoxy) is 1. The van der Waals surface area contributed by atoms with Crippen LogP contribution < -0.4 is 4.74 Å². The predicted molar refractivity (Wildman–Crippen MR) is 116 cm³/mol. The lowest BCUT2D eigenvalue weighted by Gasteiger charge is -2.33. The Balaban J connectivity index is 1.37. The monoisotopic (exact) mass is 373 g/mol. The molecule has 0 amide bonds. The van der Waals surface area contributed by atoms with Crippen LogP contribution in [0, 0.1) is 0 Å². The summed E-state index contributed by atoms with van der Waals surface area (Å²) in [6, 6.07) is 23.3. The zero-order valence-electron chi connectivity index (χ0n) is 16.6. The second-order valence-electron chi connectivity index (χ2n) is 7.28. The second-order valence-corrected chi connectivity index (χ2v) is 7.28. The quantitative estimate of drug-likeness (QED) is 0.621. The summed E-state index contributed by atoms with van der Waals surface area (Å²) in [7, 11) is 1.69. The third kappa shape index (κ3) is 4.18. The molecule has 28 heavy (non-hydrogen) atoms. The lowest BCUT2D eigenvalue weighted by molar-refractivity contribution is 0.131. The van der Waals surface area contributed by atoms with Crippen molar-refractivity contribution in [2.45, 2.75) is 13.5 Å². The minimum Gasteiger partial charge on any atom is -0.497 e. The summed E-state index contributed by atoms with van der Waals surface area (Å²) in [4.78, 5) is 2.52. The first-order valence-corrected chi connectivity index (χ1v) is 9.86. The summed E-state index contributed by atoms with van der Waals surface area (Å²) >= 11 is 0. The molecule has 0 unspecified atom stereocenters. The Morgan fingerprint density at radius 1 is 0.893 bits per heavy atom. The molecule has 0 N–H and O–H groups in total. The lowest BCUT2D eigenvalue weighted by Crippen LogP contribution is -2.43. The Bertz CT molecular complexity index is 952. The highest BCUT2D eigenvalue weighted by Gasteiger charge is 2.17. The summed E-state index contributed by atoms with van der Waals surface area (Å²) in [6.07, 6.45) is 0. The molecule has 0 bridgehead atoms. The molecule has 1 fully saturated rings. The number of benzene rings is 3. The second kappa shape index (κ2) is 8.44. The Labute approximate surface area is 167 Å². The topological polar surface area (TPSA) is 28.1 Å². The maximum atomic E-state index is 5.23. The van der Waals surface area contributed by atoms with Crippen LogP contribution in [0.5, 0.6) is 5.75 Å². The van der Waals surface area contributed by atoms with Gasteiger partial charge in [-0.1, -0.05) is 42.5 Å². The first-order valence-electron chi connectivity index (χ1n) is 9.86. The van der Waals surface area contributed by atoms with Crippen LogP contribution in [0.4, 0.5) is 0 Å². The normalized spacial score (nSPS) is 15.8. The smallest absolute Gasteiger partial charge is 0.118 e. The maximum Gasteiger partial charge on any atom is 0.118 e. The van der Waals surface area contributed by atoms with Gasteiger partial charge >= 0.3 is 0 Å². The van der Waals surface area contributed by atoms with Gasteiger partial charge in [-0.2, -0.15) is 5.10 Å². The molecule has 0 radical (unpaired) electrons. The van der Waals surface area contributed by atoms with E-state index < -0.39 is 0 Å². The maximum absolute atomic E-state index is 5.23. The third-order valence-corrected chi connectivity index (χ3v) is 5.42. The fourth-order valence-corrected chi connectivity index (χ4v) is 3.77. The fraction of sp³-hybridized carbons (Fsp3) is 0.292. The Morgan fingerprint density at radius 3 is 2.36 bits per heavy atom. The van der Waals surface area contributed by atoms with E-state index >= 15 is 0 Å². The van der Waals surface area contributed by atoms with E-state index in [2.05, 4.69) is 71.4 Å². The molecule has 4 nitrogen and oxygen atoms in total. The minimum absolute atomic E-state index is 0.874. The van der Waals surface area contributed by atoms with Gasteiger partial charge < -0.3 is 4.74 Å². The number of hydrogen-bond acceptors (Lipinski definition) is 4. The van der Waals surface area contributed by atoms with Crippen LogP contribution in [-0.4, -0.2) is 48.9 Å². The van der Waals surface area contributed by atoms with Crippen molar-refractivity contribution in [2.75, 3.05) is 33.3 Å². The van der Waals surface area contributed by atoms with Gasteiger partial charge in [0.2, 0.25) is 0 Å². The SMILES string of the molecule is COc1ccc(/C(C)=N\N2CCN(Cc3cccc4ccccc34)CC2)cc1. The lowest BCUT2D eigenvalue weighted by atomic mass is 10.0. The molecule has 1 aliphatic heterocycles.